The van der Waals surface area contributed by atoms with Gasteiger partial charge in [0.15, 0.2) is 0 Å². The molecule has 0 saturated heterocycles. The molecular formula is C9H14ClN. The highest BCUT2D eigenvalue weighted by Gasteiger charge is 2.00. The van der Waals surface area contributed by atoms with E-state index in [-0.39, 0.29) is 0 Å². The molecular weight excluding hydrogens is 158 g/mol. The minimum absolute atomic E-state index is 0.868. The third-order valence-electron chi connectivity index (χ3n) is 1.79. The monoisotopic (exact) mass is 171 g/mol. The summed E-state index contributed by atoms with van der Waals surface area (Å²) in [5.74, 6) is 0. The molecule has 0 saturated carbocycles. The highest BCUT2D eigenvalue weighted by molar-refractivity contribution is 6.31. The summed E-state index contributed by atoms with van der Waals surface area (Å²) < 4.78 is 0. The molecule has 1 N–H and O–H groups in total. The van der Waals surface area contributed by atoms with Gasteiger partial charge in [-0.2, -0.15) is 0 Å². The van der Waals surface area contributed by atoms with E-state index in [9.17, 15) is 0 Å². The first-order valence-corrected chi connectivity index (χ1v) is 4.51. The van der Waals surface area contributed by atoms with E-state index in [1.807, 2.05) is 6.08 Å². The second-order valence-electron chi connectivity index (χ2n) is 2.65. The molecule has 0 aliphatic carbocycles. The van der Waals surface area contributed by atoms with Crippen LogP contribution >= 0.6 is 11.6 Å². The van der Waals surface area contributed by atoms with Crippen LogP contribution < -0.4 is 5.32 Å². The molecule has 0 spiro atoms. The van der Waals surface area contributed by atoms with Crippen molar-refractivity contribution in [1.82, 2.24) is 5.32 Å². The molecule has 11 heavy (non-hydrogen) atoms. The summed E-state index contributed by atoms with van der Waals surface area (Å²) in [6.07, 6.45) is 7.44. The van der Waals surface area contributed by atoms with Gasteiger partial charge in [0, 0.05) is 12.2 Å². The molecule has 1 nitrogen and oxygen atoms in total. The van der Waals surface area contributed by atoms with Crippen LogP contribution in [0.3, 0.4) is 0 Å². The molecule has 0 fully saturated rings. The van der Waals surface area contributed by atoms with Crippen LogP contribution in [0.1, 0.15) is 26.2 Å². The Morgan fingerprint density at radius 1 is 1.64 bits per heavy atom. The molecule has 0 aromatic rings. The van der Waals surface area contributed by atoms with E-state index in [0.717, 1.165) is 24.4 Å². The van der Waals surface area contributed by atoms with Crippen LogP contribution in [0.4, 0.5) is 0 Å². The molecule has 1 heterocycles. The van der Waals surface area contributed by atoms with Gasteiger partial charge in [0.2, 0.25) is 0 Å². The van der Waals surface area contributed by atoms with Crippen molar-refractivity contribution in [2.45, 2.75) is 26.2 Å². The largest absolute Gasteiger partial charge is 0.387 e. The van der Waals surface area contributed by atoms with Crippen LogP contribution in [-0.4, -0.2) is 6.54 Å². The van der Waals surface area contributed by atoms with Crippen molar-refractivity contribution in [3.05, 3.63) is 22.9 Å². The minimum atomic E-state index is 0.868. The maximum atomic E-state index is 5.99. The topological polar surface area (TPSA) is 12.0 Å². The molecule has 1 aliphatic heterocycles. The molecule has 62 valence electrons. The summed E-state index contributed by atoms with van der Waals surface area (Å²) in [7, 11) is 0. The zero-order chi connectivity index (χ0) is 8.10. The lowest BCUT2D eigenvalue weighted by molar-refractivity contribution is 0.706. The summed E-state index contributed by atoms with van der Waals surface area (Å²) in [5, 5.41) is 4.19. The fourth-order valence-electron chi connectivity index (χ4n) is 1.12. The van der Waals surface area contributed by atoms with Gasteiger partial charge in [-0.25, -0.2) is 0 Å². The third kappa shape index (κ3) is 2.58. The van der Waals surface area contributed by atoms with Crippen molar-refractivity contribution in [3.8, 4) is 0 Å². The first-order chi connectivity index (χ1) is 5.34. The van der Waals surface area contributed by atoms with Crippen LogP contribution in [0.25, 0.3) is 0 Å². The van der Waals surface area contributed by atoms with Crippen LogP contribution in [-0.2, 0) is 0 Å². The normalized spacial score (nSPS) is 28.5. The summed E-state index contributed by atoms with van der Waals surface area (Å²) in [6.45, 7) is 3.16. The molecule has 1 aliphatic rings. The van der Waals surface area contributed by atoms with Gasteiger partial charge in [-0.05, 0) is 25.3 Å². The highest BCUT2D eigenvalue weighted by Crippen LogP contribution is 2.14. The number of hydrogen-bond donors (Lipinski definition) is 1. The number of allylic oxidation sites excluding steroid dienone is 4. The molecule has 0 aromatic heterocycles. The Kier molecular flexibility index (Phi) is 3.50. The van der Waals surface area contributed by atoms with Gasteiger partial charge >= 0.3 is 0 Å². The van der Waals surface area contributed by atoms with E-state index in [0.29, 0.717) is 0 Å². The summed E-state index contributed by atoms with van der Waals surface area (Å²) in [4.78, 5) is 0. The highest BCUT2D eigenvalue weighted by atomic mass is 35.5. The maximum Gasteiger partial charge on any atom is 0.0591 e. The lowest BCUT2D eigenvalue weighted by Gasteiger charge is -2.11. The molecule has 0 atom stereocenters. The first kappa shape index (κ1) is 8.66. The number of nitrogens with one attached hydrogen (secondary N) is 1. The fourth-order valence-corrected chi connectivity index (χ4v) is 1.41. The minimum Gasteiger partial charge on any atom is -0.387 e. The maximum absolute atomic E-state index is 5.99. The molecule has 0 amide bonds. The van der Waals surface area contributed by atoms with Crippen LogP contribution in [0.15, 0.2) is 22.9 Å². The van der Waals surface area contributed by atoms with Crippen LogP contribution in [0, 0.1) is 0 Å². The van der Waals surface area contributed by atoms with Crippen molar-refractivity contribution < 1.29 is 0 Å². The Morgan fingerprint density at radius 2 is 2.45 bits per heavy atom. The van der Waals surface area contributed by atoms with Crippen molar-refractivity contribution >= 4 is 11.6 Å². The zero-order valence-corrected chi connectivity index (χ0v) is 7.62. The van der Waals surface area contributed by atoms with E-state index in [1.165, 1.54) is 12.1 Å². The first-order valence-electron chi connectivity index (χ1n) is 4.13. The van der Waals surface area contributed by atoms with Gasteiger partial charge < -0.3 is 5.32 Å². The molecule has 2 heteroatoms. The van der Waals surface area contributed by atoms with Gasteiger partial charge in [0.05, 0.1) is 5.03 Å². The van der Waals surface area contributed by atoms with E-state index >= 15 is 0 Å². The van der Waals surface area contributed by atoms with Crippen molar-refractivity contribution in [2.75, 3.05) is 6.54 Å². The Morgan fingerprint density at radius 3 is 3.18 bits per heavy atom. The molecule has 1 rings (SSSR count). The number of hydrogen-bond acceptors (Lipinski definition) is 1. The van der Waals surface area contributed by atoms with Crippen molar-refractivity contribution in [1.29, 1.82) is 0 Å². The van der Waals surface area contributed by atoms with Crippen molar-refractivity contribution in [2.24, 2.45) is 0 Å². The molecule has 0 unspecified atom stereocenters. The lowest BCUT2D eigenvalue weighted by Crippen LogP contribution is -2.15. The summed E-state index contributed by atoms with van der Waals surface area (Å²) in [6, 6.07) is 0. The lowest BCUT2D eigenvalue weighted by atomic mass is 10.2. The Hall–Kier alpha value is -0.430. The summed E-state index contributed by atoms with van der Waals surface area (Å²) in [5.41, 5.74) is 1.17. The average Bonchev–Trinajstić information content (AvgIpc) is 1.98. The van der Waals surface area contributed by atoms with E-state index in [4.69, 9.17) is 11.6 Å². The van der Waals surface area contributed by atoms with Crippen LogP contribution in [0.2, 0.25) is 0 Å². The number of rotatable bonds is 1. The third-order valence-corrected chi connectivity index (χ3v) is 2.15. The smallest absolute Gasteiger partial charge is 0.0591 e. The van der Waals surface area contributed by atoms with Gasteiger partial charge in [0.25, 0.3) is 0 Å². The SMILES string of the molecule is CC/C1=C(Cl)/C=C/CCCN1. The standard InChI is InChI=1S/C9H14ClN/c1-2-9-8(10)6-4-3-5-7-11-9/h4,6,11H,2-3,5,7H2,1H3/b6-4+,9-8+. The van der Waals surface area contributed by atoms with E-state index in [1.54, 1.807) is 0 Å². The Labute approximate surface area is 73.1 Å². The fraction of sp³-hybridized carbons (Fsp3) is 0.556. The predicted octanol–water partition coefficient (Wildman–Crippen LogP) is 2.79. The predicted molar refractivity (Wildman–Crippen MR) is 49.5 cm³/mol. The van der Waals surface area contributed by atoms with Gasteiger partial charge in [0.1, 0.15) is 0 Å². The average molecular weight is 172 g/mol. The van der Waals surface area contributed by atoms with E-state index < -0.39 is 0 Å². The summed E-state index contributed by atoms with van der Waals surface area (Å²) >= 11 is 5.99. The molecule has 0 bridgehead atoms. The Balaban J connectivity index is 2.70. The molecule has 0 aromatic carbocycles. The second-order valence-corrected chi connectivity index (χ2v) is 3.06. The molecule has 0 radical (unpaired) electrons. The Bertz CT molecular complexity index is 182. The second kappa shape index (κ2) is 4.45. The van der Waals surface area contributed by atoms with E-state index in [2.05, 4.69) is 18.3 Å². The van der Waals surface area contributed by atoms with Gasteiger partial charge in [-0.3, -0.25) is 0 Å². The van der Waals surface area contributed by atoms with Crippen molar-refractivity contribution in [3.63, 3.8) is 0 Å². The van der Waals surface area contributed by atoms with Crippen LogP contribution in [0.5, 0.6) is 0 Å². The number of halogens is 1. The quantitative estimate of drug-likeness (QED) is 0.640. The zero-order valence-electron chi connectivity index (χ0n) is 6.86. The van der Waals surface area contributed by atoms with Gasteiger partial charge in [-0.15, -0.1) is 0 Å². The van der Waals surface area contributed by atoms with Gasteiger partial charge in [-0.1, -0.05) is 24.6 Å².